The highest BCUT2D eigenvalue weighted by Gasteiger charge is 2.22. The summed E-state index contributed by atoms with van der Waals surface area (Å²) in [4.78, 5) is 14.4. The minimum Gasteiger partial charge on any atom is -0.326 e. The van der Waals surface area contributed by atoms with Crippen LogP contribution in [0.2, 0.25) is 0 Å². The van der Waals surface area contributed by atoms with E-state index < -0.39 is 0 Å². The van der Waals surface area contributed by atoms with Crippen LogP contribution in [0.5, 0.6) is 0 Å². The first kappa shape index (κ1) is 15.5. The number of rotatable bonds is 4. The van der Waals surface area contributed by atoms with Gasteiger partial charge in [-0.1, -0.05) is 6.92 Å². The summed E-state index contributed by atoms with van der Waals surface area (Å²) in [5, 5.41) is 11.6. The Bertz CT molecular complexity index is 518. The molecule has 0 aliphatic carbocycles. The first-order chi connectivity index (χ1) is 10.1. The molecule has 2 atom stereocenters. The highest BCUT2D eigenvalue weighted by Crippen LogP contribution is 2.21. The molecule has 1 fully saturated rings. The topological polar surface area (TPSA) is 56.1 Å². The Morgan fingerprint density at radius 3 is 2.71 bits per heavy atom. The average Bonchev–Trinajstić information content (AvgIpc) is 2.49. The second-order valence-corrected chi connectivity index (χ2v) is 6.01. The number of carbonyl (C=O) groups excluding carboxylic acids is 1. The molecule has 1 heterocycles. The van der Waals surface area contributed by atoms with Gasteiger partial charge in [0.1, 0.15) is 0 Å². The van der Waals surface area contributed by atoms with Crippen LogP contribution in [0.1, 0.15) is 38.7 Å². The molecule has 1 aromatic carbocycles. The number of nitrogens with zero attached hydrogens (tertiary/aromatic N) is 2. The van der Waals surface area contributed by atoms with Gasteiger partial charge in [-0.05, 0) is 49.9 Å². The van der Waals surface area contributed by atoms with E-state index in [2.05, 4.69) is 30.1 Å². The van der Waals surface area contributed by atoms with Crippen molar-refractivity contribution in [3.05, 3.63) is 29.8 Å². The van der Waals surface area contributed by atoms with Crippen molar-refractivity contribution in [3.63, 3.8) is 0 Å². The molecular weight excluding hydrogens is 262 g/mol. The number of amides is 1. The summed E-state index contributed by atoms with van der Waals surface area (Å²) in [6.45, 7) is 6.42. The van der Waals surface area contributed by atoms with Crippen LogP contribution in [-0.4, -0.2) is 29.9 Å². The monoisotopic (exact) mass is 285 g/mol. The molecular formula is C17H23N3O. The van der Waals surface area contributed by atoms with Gasteiger partial charge in [-0.25, -0.2) is 0 Å². The fraction of sp³-hybridized carbons (Fsp3) is 0.529. The van der Waals surface area contributed by atoms with Gasteiger partial charge in [0, 0.05) is 31.2 Å². The van der Waals surface area contributed by atoms with Gasteiger partial charge in [0.05, 0.1) is 11.6 Å². The summed E-state index contributed by atoms with van der Waals surface area (Å²) < 4.78 is 0. The Morgan fingerprint density at radius 2 is 2.05 bits per heavy atom. The van der Waals surface area contributed by atoms with E-state index >= 15 is 0 Å². The van der Waals surface area contributed by atoms with Gasteiger partial charge in [-0.15, -0.1) is 0 Å². The van der Waals surface area contributed by atoms with Crippen LogP contribution in [0, 0.1) is 17.2 Å². The maximum atomic E-state index is 12.0. The Kier molecular flexibility index (Phi) is 5.35. The molecule has 0 spiro atoms. The molecule has 21 heavy (non-hydrogen) atoms. The molecule has 1 saturated heterocycles. The van der Waals surface area contributed by atoms with Crippen molar-refractivity contribution in [1.29, 1.82) is 5.26 Å². The first-order valence-electron chi connectivity index (χ1n) is 7.62. The molecule has 0 saturated carbocycles. The van der Waals surface area contributed by atoms with Gasteiger partial charge in [-0.2, -0.15) is 5.26 Å². The quantitative estimate of drug-likeness (QED) is 0.925. The van der Waals surface area contributed by atoms with E-state index in [9.17, 15) is 4.79 Å². The van der Waals surface area contributed by atoms with E-state index in [4.69, 9.17) is 5.26 Å². The van der Waals surface area contributed by atoms with Gasteiger partial charge in [-0.3, -0.25) is 9.69 Å². The zero-order valence-corrected chi connectivity index (χ0v) is 12.8. The zero-order chi connectivity index (χ0) is 15.2. The summed E-state index contributed by atoms with van der Waals surface area (Å²) in [7, 11) is 0. The largest absolute Gasteiger partial charge is 0.326 e. The summed E-state index contributed by atoms with van der Waals surface area (Å²) in [5.74, 6) is 0.757. The maximum absolute atomic E-state index is 12.0. The van der Waals surface area contributed by atoms with Crippen molar-refractivity contribution in [2.75, 3.05) is 18.4 Å². The van der Waals surface area contributed by atoms with Crippen molar-refractivity contribution in [1.82, 2.24) is 4.90 Å². The van der Waals surface area contributed by atoms with Crippen LogP contribution >= 0.6 is 0 Å². The maximum Gasteiger partial charge on any atom is 0.225 e. The second kappa shape index (κ2) is 7.24. The van der Waals surface area contributed by atoms with Gasteiger partial charge in [0.2, 0.25) is 5.91 Å². The number of hydrogen-bond donors (Lipinski definition) is 1. The molecule has 4 nitrogen and oxygen atoms in total. The Balaban J connectivity index is 1.80. The standard InChI is InChI=1S/C17H23N3O/c1-13-3-4-14(2)20(12-13)10-9-17(21)19-16-7-5-15(11-18)6-8-16/h5-8,13-14H,3-4,9-10,12H2,1-2H3,(H,19,21). The molecule has 1 N–H and O–H groups in total. The number of nitriles is 1. The number of likely N-dealkylation sites (tertiary alicyclic amines) is 1. The third-order valence-corrected chi connectivity index (χ3v) is 4.17. The average molecular weight is 285 g/mol. The number of carbonyl (C=O) groups is 1. The van der Waals surface area contributed by atoms with Crippen molar-refractivity contribution >= 4 is 11.6 Å². The molecule has 1 aliphatic heterocycles. The van der Waals surface area contributed by atoms with E-state index in [-0.39, 0.29) is 5.91 Å². The normalized spacial score (nSPS) is 22.5. The van der Waals surface area contributed by atoms with Gasteiger partial charge >= 0.3 is 0 Å². The molecule has 0 bridgehead atoms. The van der Waals surface area contributed by atoms with Crippen molar-refractivity contribution in [2.45, 2.75) is 39.2 Å². The van der Waals surface area contributed by atoms with Crippen LogP contribution < -0.4 is 5.32 Å². The van der Waals surface area contributed by atoms with Crippen LogP contribution in [0.3, 0.4) is 0 Å². The molecule has 0 radical (unpaired) electrons. The molecule has 1 aliphatic rings. The molecule has 2 rings (SSSR count). The van der Waals surface area contributed by atoms with Crippen molar-refractivity contribution in [3.8, 4) is 6.07 Å². The highest BCUT2D eigenvalue weighted by molar-refractivity contribution is 5.90. The minimum atomic E-state index is 0.0325. The zero-order valence-electron chi connectivity index (χ0n) is 12.8. The first-order valence-corrected chi connectivity index (χ1v) is 7.62. The minimum absolute atomic E-state index is 0.0325. The van der Waals surface area contributed by atoms with Crippen molar-refractivity contribution < 1.29 is 4.79 Å². The summed E-state index contributed by atoms with van der Waals surface area (Å²) >= 11 is 0. The smallest absolute Gasteiger partial charge is 0.225 e. The fourth-order valence-corrected chi connectivity index (χ4v) is 2.79. The summed E-state index contributed by atoms with van der Waals surface area (Å²) in [5.41, 5.74) is 1.35. The second-order valence-electron chi connectivity index (χ2n) is 6.01. The number of anilines is 1. The van der Waals surface area contributed by atoms with E-state index in [1.807, 2.05) is 0 Å². The Labute approximate surface area is 126 Å². The van der Waals surface area contributed by atoms with Crippen LogP contribution in [0.4, 0.5) is 5.69 Å². The lowest BCUT2D eigenvalue weighted by molar-refractivity contribution is -0.116. The predicted octanol–water partition coefficient (Wildman–Crippen LogP) is 3.01. The number of hydrogen-bond acceptors (Lipinski definition) is 3. The van der Waals surface area contributed by atoms with Crippen LogP contribution in [-0.2, 0) is 4.79 Å². The van der Waals surface area contributed by atoms with Gasteiger partial charge in [0.25, 0.3) is 0 Å². The van der Waals surface area contributed by atoms with Crippen molar-refractivity contribution in [2.24, 2.45) is 5.92 Å². The van der Waals surface area contributed by atoms with E-state index in [0.717, 1.165) is 24.7 Å². The molecule has 1 amide bonds. The van der Waals surface area contributed by atoms with Gasteiger partial charge < -0.3 is 5.32 Å². The highest BCUT2D eigenvalue weighted by atomic mass is 16.1. The van der Waals surface area contributed by atoms with Crippen LogP contribution in [0.25, 0.3) is 0 Å². The molecule has 2 unspecified atom stereocenters. The number of piperidine rings is 1. The third kappa shape index (κ3) is 4.57. The molecule has 1 aromatic rings. The number of benzene rings is 1. The van der Waals surface area contributed by atoms with E-state index in [1.165, 1.54) is 12.8 Å². The summed E-state index contributed by atoms with van der Waals surface area (Å²) in [6, 6.07) is 9.59. The molecule has 4 heteroatoms. The van der Waals surface area contributed by atoms with E-state index in [1.54, 1.807) is 24.3 Å². The van der Waals surface area contributed by atoms with Gasteiger partial charge in [0.15, 0.2) is 0 Å². The Morgan fingerprint density at radius 1 is 1.33 bits per heavy atom. The molecule has 112 valence electrons. The third-order valence-electron chi connectivity index (χ3n) is 4.17. The summed E-state index contributed by atoms with van der Waals surface area (Å²) in [6.07, 6.45) is 3.02. The number of nitrogens with one attached hydrogen (secondary N) is 1. The predicted molar refractivity (Wildman–Crippen MR) is 83.8 cm³/mol. The lowest BCUT2D eigenvalue weighted by Crippen LogP contribution is -2.42. The lowest BCUT2D eigenvalue weighted by atomic mass is 9.95. The lowest BCUT2D eigenvalue weighted by Gasteiger charge is -2.36. The molecule has 0 aromatic heterocycles. The Hall–Kier alpha value is -1.86. The van der Waals surface area contributed by atoms with E-state index in [0.29, 0.717) is 18.0 Å². The SMILES string of the molecule is CC1CCC(C)N(CCC(=O)Nc2ccc(C#N)cc2)C1. The fourth-order valence-electron chi connectivity index (χ4n) is 2.79. The van der Waals surface area contributed by atoms with Crippen LogP contribution in [0.15, 0.2) is 24.3 Å².